The van der Waals surface area contributed by atoms with Crippen molar-refractivity contribution in [3.63, 3.8) is 0 Å². The summed E-state index contributed by atoms with van der Waals surface area (Å²) >= 11 is 0. The van der Waals surface area contributed by atoms with E-state index in [2.05, 4.69) is 119 Å². The number of rotatable bonds is 5. The molecule has 0 unspecified atom stereocenters. The molecule has 1 aliphatic rings. The molecule has 224 valence electrons. The zero-order valence-electron chi connectivity index (χ0n) is 25.9. The number of hydrogen-bond acceptors (Lipinski definition) is 3. The molecular formula is C39H36N3OPt-. The maximum atomic E-state index is 11.0. The Hall–Kier alpha value is -4.01. The van der Waals surface area contributed by atoms with E-state index in [1.165, 1.54) is 11.1 Å². The fourth-order valence-electron chi connectivity index (χ4n) is 6.75. The molecule has 7 rings (SSSR count). The summed E-state index contributed by atoms with van der Waals surface area (Å²) in [6.07, 6.45) is 2.17. The van der Waals surface area contributed by atoms with Crippen molar-refractivity contribution in [2.45, 2.75) is 58.8 Å². The van der Waals surface area contributed by atoms with Crippen LogP contribution in [0.3, 0.4) is 0 Å². The van der Waals surface area contributed by atoms with Crippen LogP contribution in [-0.2, 0) is 26.5 Å². The summed E-state index contributed by atoms with van der Waals surface area (Å²) in [7, 11) is 0. The number of aromatic nitrogens is 3. The number of fused-ring (bicyclic) bond motifs is 4. The van der Waals surface area contributed by atoms with E-state index in [-0.39, 0.29) is 32.2 Å². The molecule has 0 aliphatic heterocycles. The number of pyridine rings is 1. The quantitative estimate of drug-likeness (QED) is 0.178. The Morgan fingerprint density at radius 3 is 2.16 bits per heavy atom. The number of nitrogens with zero attached hydrogens (tertiary/aromatic N) is 3. The van der Waals surface area contributed by atoms with Crippen LogP contribution < -0.4 is 0 Å². The summed E-state index contributed by atoms with van der Waals surface area (Å²) in [6, 6.07) is 32.5. The normalized spacial score (nSPS) is 13.3. The number of phenols is 1. The molecule has 0 amide bonds. The first kappa shape index (κ1) is 30.0. The average molecular weight is 758 g/mol. The molecule has 0 radical (unpaired) electrons. The number of benzene rings is 4. The second kappa shape index (κ2) is 11.2. The monoisotopic (exact) mass is 757 g/mol. The van der Waals surface area contributed by atoms with E-state index in [4.69, 9.17) is 9.97 Å². The first-order valence-electron chi connectivity index (χ1n) is 15.1. The fraction of sp³-hybridized carbons (Fsp3) is 0.231. The number of hydrogen-bond donors (Lipinski definition) is 1. The van der Waals surface area contributed by atoms with Gasteiger partial charge in [-0.25, -0.2) is 9.97 Å². The molecule has 1 N–H and O–H groups in total. The number of imidazole rings is 1. The summed E-state index contributed by atoms with van der Waals surface area (Å²) in [5.41, 5.74) is 9.98. The van der Waals surface area contributed by atoms with E-state index < -0.39 is 0 Å². The van der Waals surface area contributed by atoms with Gasteiger partial charge >= 0.3 is 0 Å². The van der Waals surface area contributed by atoms with E-state index in [0.717, 1.165) is 61.6 Å². The summed E-state index contributed by atoms with van der Waals surface area (Å²) < 4.78 is 2.25. The number of phenolic OH excluding ortho intramolecular Hbond substituents is 1. The minimum absolute atomic E-state index is 0. The van der Waals surface area contributed by atoms with Crippen molar-refractivity contribution < 1.29 is 26.2 Å². The molecule has 1 aliphatic carbocycles. The minimum atomic E-state index is -0.261. The van der Waals surface area contributed by atoms with Crippen LogP contribution in [0, 0.1) is 6.07 Å². The van der Waals surface area contributed by atoms with Crippen LogP contribution in [0.2, 0.25) is 0 Å². The maximum absolute atomic E-state index is 11.0. The van der Waals surface area contributed by atoms with Crippen LogP contribution in [0.5, 0.6) is 5.75 Å². The van der Waals surface area contributed by atoms with Gasteiger partial charge in [-0.2, -0.15) is 0 Å². The van der Waals surface area contributed by atoms with E-state index in [9.17, 15) is 5.11 Å². The molecule has 44 heavy (non-hydrogen) atoms. The third kappa shape index (κ3) is 4.63. The van der Waals surface area contributed by atoms with E-state index in [0.29, 0.717) is 11.8 Å². The van der Waals surface area contributed by atoms with Crippen molar-refractivity contribution >= 4 is 10.8 Å². The summed E-state index contributed by atoms with van der Waals surface area (Å²) in [6.45, 7) is 13.4. The van der Waals surface area contributed by atoms with Crippen LogP contribution in [0.25, 0.3) is 50.5 Å². The van der Waals surface area contributed by atoms with Gasteiger partial charge in [-0.3, -0.25) is 4.57 Å². The SMILES string of the molecule is CC(C)c1cccc(C(C)C)c1-n1cc(-c2cccc3ccc[c-]c23)nc1-c1ccc2c(n1)-c1c(O)cccc1C2(C)C.[Pt]. The van der Waals surface area contributed by atoms with Crippen molar-refractivity contribution in [2.24, 2.45) is 0 Å². The molecular weight excluding hydrogens is 722 g/mol. The second-order valence-electron chi connectivity index (χ2n) is 12.8. The summed E-state index contributed by atoms with van der Waals surface area (Å²) in [5, 5.41) is 13.2. The van der Waals surface area contributed by atoms with Gasteiger partial charge in [-0.15, -0.1) is 35.0 Å². The van der Waals surface area contributed by atoms with Gasteiger partial charge in [0.2, 0.25) is 0 Å². The summed E-state index contributed by atoms with van der Waals surface area (Å²) in [5.74, 6) is 1.67. The van der Waals surface area contributed by atoms with E-state index in [1.54, 1.807) is 6.07 Å². The fourth-order valence-corrected chi connectivity index (χ4v) is 6.75. The van der Waals surface area contributed by atoms with E-state index >= 15 is 0 Å². The molecule has 2 aromatic heterocycles. The minimum Gasteiger partial charge on any atom is -0.507 e. The van der Waals surface area contributed by atoms with Crippen LogP contribution >= 0.6 is 0 Å². The van der Waals surface area contributed by atoms with Crippen molar-refractivity contribution in [1.82, 2.24) is 14.5 Å². The predicted molar refractivity (Wildman–Crippen MR) is 176 cm³/mol. The molecule has 2 heterocycles. The number of aromatic hydroxyl groups is 1. The Morgan fingerprint density at radius 1 is 0.750 bits per heavy atom. The van der Waals surface area contributed by atoms with Gasteiger partial charge in [0.25, 0.3) is 0 Å². The van der Waals surface area contributed by atoms with Crippen molar-refractivity contribution in [2.75, 3.05) is 0 Å². The molecule has 6 aromatic rings. The smallest absolute Gasteiger partial charge is 0.163 e. The molecule has 5 heteroatoms. The largest absolute Gasteiger partial charge is 0.507 e. The van der Waals surface area contributed by atoms with E-state index in [1.807, 2.05) is 18.2 Å². The Balaban J connectivity index is 0.00000343. The van der Waals surface area contributed by atoms with Crippen LogP contribution in [0.1, 0.15) is 75.6 Å². The van der Waals surface area contributed by atoms with Gasteiger partial charge in [-0.1, -0.05) is 102 Å². The topological polar surface area (TPSA) is 50.9 Å². The molecule has 0 saturated heterocycles. The molecule has 0 saturated carbocycles. The van der Waals surface area contributed by atoms with Gasteiger partial charge in [0.1, 0.15) is 11.4 Å². The Morgan fingerprint density at radius 2 is 1.43 bits per heavy atom. The third-order valence-electron chi connectivity index (χ3n) is 9.01. The molecule has 4 nitrogen and oxygen atoms in total. The number of para-hydroxylation sites is 1. The first-order chi connectivity index (χ1) is 20.7. The molecule has 0 atom stereocenters. The molecule has 0 fully saturated rings. The zero-order valence-corrected chi connectivity index (χ0v) is 28.2. The van der Waals surface area contributed by atoms with Crippen LogP contribution in [-0.4, -0.2) is 19.6 Å². The predicted octanol–water partition coefficient (Wildman–Crippen LogP) is 9.81. The van der Waals surface area contributed by atoms with Crippen molar-refractivity contribution in [1.29, 1.82) is 0 Å². The van der Waals surface area contributed by atoms with Crippen LogP contribution in [0.4, 0.5) is 0 Å². The van der Waals surface area contributed by atoms with Crippen molar-refractivity contribution in [3.8, 4) is 45.5 Å². The Kier molecular flexibility index (Phi) is 7.62. The summed E-state index contributed by atoms with van der Waals surface area (Å²) in [4.78, 5) is 10.6. The maximum Gasteiger partial charge on any atom is 0.163 e. The molecule has 0 spiro atoms. The Labute approximate surface area is 274 Å². The van der Waals surface area contributed by atoms with Crippen LogP contribution in [0.15, 0.2) is 91.1 Å². The van der Waals surface area contributed by atoms with Gasteiger partial charge in [0.05, 0.1) is 11.4 Å². The average Bonchev–Trinajstić information content (AvgIpc) is 3.54. The van der Waals surface area contributed by atoms with Gasteiger partial charge in [0, 0.05) is 43.9 Å². The zero-order chi connectivity index (χ0) is 30.0. The van der Waals surface area contributed by atoms with Crippen molar-refractivity contribution in [3.05, 3.63) is 119 Å². The van der Waals surface area contributed by atoms with Gasteiger partial charge < -0.3 is 5.11 Å². The van der Waals surface area contributed by atoms with Gasteiger partial charge in [0.15, 0.2) is 5.82 Å². The Bertz CT molecular complexity index is 2000. The first-order valence-corrected chi connectivity index (χ1v) is 15.1. The second-order valence-corrected chi connectivity index (χ2v) is 12.8. The molecule has 4 aromatic carbocycles. The molecule has 0 bridgehead atoms. The standard InChI is InChI=1S/C39H36N3O.Pt/c1-23(2)26-15-10-16-27(24(3)4)37(26)42-22-33(29-17-9-13-25-12-7-8-14-28(25)29)41-38(42)32-21-20-31-36(40-32)35-30(39(31,5)6)18-11-19-34(35)43;/h7-13,15-24,43H,1-6H3;/q-1;. The van der Waals surface area contributed by atoms with Gasteiger partial charge in [-0.05, 0) is 46.2 Å². The third-order valence-corrected chi connectivity index (χ3v) is 9.01.